The highest BCUT2D eigenvalue weighted by atomic mass is 32.2. The van der Waals surface area contributed by atoms with Crippen LogP contribution in [0.3, 0.4) is 0 Å². The SMILES string of the molecule is CC(C)c1nc2c(n1C)CCN(C(=O)c1cccnc1SC(F)F)C2. The summed E-state index contributed by atoms with van der Waals surface area (Å²) in [6.45, 7) is 5.10. The van der Waals surface area contributed by atoms with Crippen LogP contribution < -0.4 is 0 Å². The van der Waals surface area contributed by atoms with Crippen LogP contribution in [-0.4, -0.2) is 37.6 Å². The molecule has 3 heterocycles. The second-order valence-corrected chi connectivity index (χ2v) is 7.27. The number of pyridine rings is 1. The standard InChI is InChI=1S/C17H20F2N4OS/c1-10(2)14-21-12-9-23(8-6-13(12)22(14)3)16(24)11-5-4-7-20-15(11)25-17(18)19/h4-5,7,10,17H,6,8-9H2,1-3H3. The van der Waals surface area contributed by atoms with Gasteiger partial charge in [-0.1, -0.05) is 13.8 Å². The lowest BCUT2D eigenvalue weighted by molar-refractivity contribution is 0.0726. The second kappa shape index (κ2) is 7.11. The maximum Gasteiger partial charge on any atom is 0.290 e. The van der Waals surface area contributed by atoms with Crippen LogP contribution in [0.15, 0.2) is 23.4 Å². The van der Waals surface area contributed by atoms with Crippen LogP contribution in [0.4, 0.5) is 8.78 Å². The smallest absolute Gasteiger partial charge is 0.290 e. The molecule has 0 aromatic carbocycles. The molecule has 0 saturated carbocycles. The van der Waals surface area contributed by atoms with E-state index in [4.69, 9.17) is 0 Å². The van der Waals surface area contributed by atoms with Gasteiger partial charge in [-0.2, -0.15) is 8.78 Å². The summed E-state index contributed by atoms with van der Waals surface area (Å²) in [7, 11) is 2.00. The highest BCUT2D eigenvalue weighted by Crippen LogP contribution is 2.29. The Morgan fingerprint density at radius 3 is 2.80 bits per heavy atom. The number of hydrogen-bond donors (Lipinski definition) is 0. The zero-order valence-electron chi connectivity index (χ0n) is 14.4. The van der Waals surface area contributed by atoms with E-state index in [-0.39, 0.29) is 16.5 Å². The van der Waals surface area contributed by atoms with Crippen molar-refractivity contribution in [1.82, 2.24) is 19.4 Å². The van der Waals surface area contributed by atoms with Gasteiger partial charge >= 0.3 is 0 Å². The van der Waals surface area contributed by atoms with E-state index in [1.54, 1.807) is 17.0 Å². The van der Waals surface area contributed by atoms with Crippen molar-refractivity contribution >= 4 is 17.7 Å². The fourth-order valence-electron chi connectivity index (χ4n) is 3.14. The number of carbonyl (C=O) groups excluding carboxylic acids is 1. The number of halogens is 2. The average Bonchev–Trinajstić information content (AvgIpc) is 2.91. The molecule has 2 aromatic heterocycles. The van der Waals surface area contributed by atoms with Gasteiger partial charge in [0.05, 0.1) is 17.8 Å². The first kappa shape index (κ1) is 17.8. The van der Waals surface area contributed by atoms with Gasteiger partial charge in [0.2, 0.25) is 0 Å². The third-order valence-electron chi connectivity index (χ3n) is 4.30. The van der Waals surface area contributed by atoms with Gasteiger partial charge in [-0.25, -0.2) is 9.97 Å². The Kier molecular flexibility index (Phi) is 5.08. The molecule has 2 aromatic rings. The molecule has 134 valence electrons. The van der Waals surface area contributed by atoms with Crippen LogP contribution in [-0.2, 0) is 20.0 Å². The molecule has 3 rings (SSSR count). The number of thioether (sulfide) groups is 1. The molecule has 5 nitrogen and oxygen atoms in total. The van der Waals surface area contributed by atoms with Crippen molar-refractivity contribution in [3.8, 4) is 0 Å². The van der Waals surface area contributed by atoms with Gasteiger partial charge in [0, 0.05) is 37.8 Å². The molecule has 1 aliphatic heterocycles. The van der Waals surface area contributed by atoms with Crippen molar-refractivity contribution in [2.24, 2.45) is 7.05 Å². The number of amides is 1. The molecule has 0 bridgehead atoms. The fraction of sp³-hybridized carbons (Fsp3) is 0.471. The van der Waals surface area contributed by atoms with Gasteiger partial charge in [-0.05, 0) is 23.9 Å². The molecule has 8 heteroatoms. The minimum Gasteiger partial charge on any atom is -0.334 e. The molecule has 0 radical (unpaired) electrons. The minimum atomic E-state index is -2.61. The summed E-state index contributed by atoms with van der Waals surface area (Å²) in [6.07, 6.45) is 2.12. The van der Waals surface area contributed by atoms with E-state index in [0.29, 0.717) is 37.2 Å². The van der Waals surface area contributed by atoms with Crippen LogP contribution in [0.2, 0.25) is 0 Å². The predicted octanol–water partition coefficient (Wildman–Crippen LogP) is 3.45. The molecule has 0 saturated heterocycles. The molecule has 0 N–H and O–H groups in total. The molecule has 0 aliphatic carbocycles. The zero-order chi connectivity index (χ0) is 18.1. The quantitative estimate of drug-likeness (QED) is 0.778. The van der Waals surface area contributed by atoms with Gasteiger partial charge in [-0.15, -0.1) is 0 Å². The molecular formula is C17H20F2N4OS. The Morgan fingerprint density at radius 1 is 1.36 bits per heavy atom. The average molecular weight is 366 g/mol. The maximum absolute atomic E-state index is 12.8. The lowest BCUT2D eigenvalue weighted by Crippen LogP contribution is -2.36. The van der Waals surface area contributed by atoms with Crippen LogP contribution in [0.25, 0.3) is 0 Å². The molecule has 0 atom stereocenters. The molecular weight excluding hydrogens is 346 g/mol. The largest absolute Gasteiger partial charge is 0.334 e. The van der Waals surface area contributed by atoms with Gasteiger partial charge in [0.25, 0.3) is 11.7 Å². The maximum atomic E-state index is 12.8. The normalized spacial score (nSPS) is 14.3. The Balaban J connectivity index is 1.85. The predicted molar refractivity (Wildman–Crippen MR) is 91.8 cm³/mol. The van der Waals surface area contributed by atoms with E-state index in [2.05, 4.69) is 28.4 Å². The third kappa shape index (κ3) is 3.53. The number of aromatic nitrogens is 3. The van der Waals surface area contributed by atoms with E-state index in [9.17, 15) is 13.6 Å². The van der Waals surface area contributed by atoms with E-state index < -0.39 is 5.76 Å². The number of alkyl halides is 2. The van der Waals surface area contributed by atoms with Crippen LogP contribution in [0.1, 0.15) is 47.3 Å². The number of carbonyl (C=O) groups is 1. The monoisotopic (exact) mass is 366 g/mol. The van der Waals surface area contributed by atoms with Crippen molar-refractivity contribution < 1.29 is 13.6 Å². The van der Waals surface area contributed by atoms with Crippen LogP contribution in [0.5, 0.6) is 0 Å². The van der Waals surface area contributed by atoms with E-state index >= 15 is 0 Å². The van der Waals surface area contributed by atoms with Crippen molar-refractivity contribution in [3.63, 3.8) is 0 Å². The Hall–Kier alpha value is -1.96. The summed E-state index contributed by atoms with van der Waals surface area (Å²) in [5.41, 5.74) is 2.25. The summed E-state index contributed by atoms with van der Waals surface area (Å²) < 4.78 is 27.5. The minimum absolute atomic E-state index is 0.0668. The van der Waals surface area contributed by atoms with Crippen molar-refractivity contribution in [1.29, 1.82) is 0 Å². The summed E-state index contributed by atoms with van der Waals surface area (Å²) >= 11 is 0.302. The Bertz CT molecular complexity index is 791. The summed E-state index contributed by atoms with van der Waals surface area (Å²) in [4.78, 5) is 23.1. The number of nitrogens with zero attached hydrogens (tertiary/aromatic N) is 4. The highest BCUT2D eigenvalue weighted by molar-refractivity contribution is 7.99. The zero-order valence-corrected chi connectivity index (χ0v) is 15.2. The van der Waals surface area contributed by atoms with Crippen LogP contribution in [0, 0.1) is 0 Å². The number of rotatable bonds is 4. The summed E-state index contributed by atoms with van der Waals surface area (Å²) in [5, 5.41) is 0.0668. The van der Waals surface area contributed by atoms with Gasteiger partial charge in [0.15, 0.2) is 0 Å². The molecule has 1 amide bonds. The van der Waals surface area contributed by atoms with Crippen molar-refractivity contribution in [2.75, 3.05) is 6.54 Å². The first-order valence-electron chi connectivity index (χ1n) is 8.12. The van der Waals surface area contributed by atoms with E-state index in [1.165, 1.54) is 6.20 Å². The van der Waals surface area contributed by atoms with Crippen molar-refractivity contribution in [2.45, 2.75) is 43.5 Å². The molecule has 0 unspecified atom stereocenters. The fourth-order valence-corrected chi connectivity index (χ4v) is 3.71. The second-order valence-electron chi connectivity index (χ2n) is 6.29. The lowest BCUT2D eigenvalue weighted by Gasteiger charge is -2.27. The molecule has 25 heavy (non-hydrogen) atoms. The first-order valence-corrected chi connectivity index (χ1v) is 9.00. The van der Waals surface area contributed by atoms with E-state index in [0.717, 1.165) is 17.2 Å². The van der Waals surface area contributed by atoms with Gasteiger partial charge in [0.1, 0.15) is 10.9 Å². The molecule has 0 spiro atoms. The Labute approximate surface area is 149 Å². The molecule has 1 aliphatic rings. The summed E-state index contributed by atoms with van der Waals surface area (Å²) in [5.74, 6) is -1.60. The highest BCUT2D eigenvalue weighted by Gasteiger charge is 2.28. The summed E-state index contributed by atoms with van der Waals surface area (Å²) in [6, 6.07) is 3.14. The number of hydrogen-bond acceptors (Lipinski definition) is 4. The topological polar surface area (TPSA) is 51.0 Å². The Morgan fingerprint density at radius 2 is 2.12 bits per heavy atom. The molecule has 0 fully saturated rings. The first-order chi connectivity index (χ1) is 11.9. The third-order valence-corrected chi connectivity index (χ3v) is 5.02. The van der Waals surface area contributed by atoms with Gasteiger partial charge in [-0.3, -0.25) is 4.79 Å². The van der Waals surface area contributed by atoms with E-state index in [1.807, 2.05) is 7.05 Å². The van der Waals surface area contributed by atoms with Gasteiger partial charge < -0.3 is 9.47 Å². The number of imidazole rings is 1. The van der Waals surface area contributed by atoms with Crippen molar-refractivity contribution in [3.05, 3.63) is 41.1 Å². The lowest BCUT2D eigenvalue weighted by atomic mass is 10.1. The van der Waals surface area contributed by atoms with Crippen LogP contribution >= 0.6 is 11.8 Å². The number of fused-ring (bicyclic) bond motifs is 1.